The summed E-state index contributed by atoms with van der Waals surface area (Å²) in [5, 5.41) is 8.74. The van der Waals surface area contributed by atoms with E-state index in [1.54, 1.807) is 0 Å². The molecule has 0 saturated carbocycles. The van der Waals surface area contributed by atoms with E-state index in [0.717, 1.165) is 9.13 Å². The van der Waals surface area contributed by atoms with Gasteiger partial charge in [-0.15, -0.1) is 11.8 Å². The number of Topliss-reactive ketones (excluding diaryl/α,β-unsaturated/α-hetero) is 1. The van der Waals surface area contributed by atoms with Crippen LogP contribution in [0.1, 0.15) is 27.6 Å². The monoisotopic (exact) mass is 426 g/mol. The lowest BCUT2D eigenvalue weighted by Crippen LogP contribution is -2.08. The van der Waals surface area contributed by atoms with Crippen molar-refractivity contribution < 1.29 is 14.7 Å². The van der Waals surface area contributed by atoms with Crippen LogP contribution in [-0.4, -0.2) is 22.6 Å². The molecule has 1 N–H and O–H groups in total. The second kappa shape index (κ2) is 8.33. The number of halogens is 1. The van der Waals surface area contributed by atoms with Crippen LogP contribution in [0, 0.1) is 3.57 Å². The van der Waals surface area contributed by atoms with Gasteiger partial charge in [0.15, 0.2) is 5.78 Å². The fraction of sp³-hybridized carbons (Fsp3) is 0.176. The van der Waals surface area contributed by atoms with E-state index in [1.807, 2.05) is 54.6 Å². The van der Waals surface area contributed by atoms with Crippen molar-refractivity contribution in [1.82, 2.24) is 0 Å². The number of rotatable bonds is 7. The first-order chi connectivity index (χ1) is 10.6. The maximum atomic E-state index is 12.4. The zero-order valence-corrected chi connectivity index (χ0v) is 14.7. The van der Waals surface area contributed by atoms with Gasteiger partial charge in [0.2, 0.25) is 0 Å². The van der Waals surface area contributed by atoms with E-state index in [0.29, 0.717) is 12.0 Å². The number of thioether (sulfide) groups is 1. The van der Waals surface area contributed by atoms with Crippen molar-refractivity contribution in [3.63, 3.8) is 0 Å². The minimum atomic E-state index is -0.868. The summed E-state index contributed by atoms with van der Waals surface area (Å²) in [5.41, 5.74) is 1.64. The number of benzene rings is 2. The third kappa shape index (κ3) is 5.14. The van der Waals surface area contributed by atoms with Gasteiger partial charge in [-0.25, -0.2) is 0 Å². The number of carbonyl (C=O) groups excluding carboxylic acids is 1. The van der Waals surface area contributed by atoms with Crippen LogP contribution in [0.25, 0.3) is 0 Å². The molecule has 0 radical (unpaired) electrons. The summed E-state index contributed by atoms with van der Waals surface area (Å²) in [6.07, 6.45) is 0.294. The Hall–Kier alpha value is -1.34. The van der Waals surface area contributed by atoms with E-state index >= 15 is 0 Å². The Kier molecular flexibility index (Phi) is 6.45. The summed E-state index contributed by atoms with van der Waals surface area (Å²) in [7, 11) is 0. The van der Waals surface area contributed by atoms with E-state index < -0.39 is 5.97 Å². The molecule has 0 aliphatic heterocycles. The molecule has 0 bridgehead atoms. The van der Waals surface area contributed by atoms with Crippen LogP contribution in [0.4, 0.5) is 0 Å². The van der Waals surface area contributed by atoms with Gasteiger partial charge in [-0.1, -0.05) is 42.5 Å². The lowest BCUT2D eigenvalue weighted by Gasteiger charge is -2.15. The highest BCUT2D eigenvalue weighted by molar-refractivity contribution is 14.1. The van der Waals surface area contributed by atoms with Crippen LogP contribution < -0.4 is 0 Å². The highest BCUT2D eigenvalue weighted by Crippen LogP contribution is 2.33. The summed E-state index contributed by atoms with van der Waals surface area (Å²) in [6.45, 7) is 0. The normalized spacial score (nSPS) is 11.9. The van der Waals surface area contributed by atoms with Crippen molar-refractivity contribution in [1.29, 1.82) is 0 Å². The third-order valence-electron chi connectivity index (χ3n) is 3.12. The smallest absolute Gasteiger partial charge is 0.313 e. The van der Waals surface area contributed by atoms with Crippen molar-refractivity contribution in [3.8, 4) is 0 Å². The molecule has 2 rings (SSSR count). The van der Waals surface area contributed by atoms with Gasteiger partial charge in [-0.3, -0.25) is 9.59 Å². The average Bonchev–Trinajstić information content (AvgIpc) is 2.52. The second-order valence-corrected chi connectivity index (χ2v) is 7.17. The van der Waals surface area contributed by atoms with Gasteiger partial charge >= 0.3 is 5.97 Å². The number of carbonyl (C=O) groups is 2. The number of aliphatic carboxylic acids is 1. The molecule has 0 saturated heterocycles. The Morgan fingerprint density at radius 1 is 1.05 bits per heavy atom. The van der Waals surface area contributed by atoms with Crippen LogP contribution in [0.2, 0.25) is 0 Å². The molecule has 3 nitrogen and oxygen atoms in total. The molecular weight excluding hydrogens is 411 g/mol. The van der Waals surface area contributed by atoms with Crippen molar-refractivity contribution in [3.05, 3.63) is 69.3 Å². The van der Waals surface area contributed by atoms with Crippen LogP contribution in [-0.2, 0) is 4.79 Å². The molecule has 0 heterocycles. The number of hydrogen-bond donors (Lipinski definition) is 1. The summed E-state index contributed by atoms with van der Waals surface area (Å²) in [6, 6.07) is 17.0. The van der Waals surface area contributed by atoms with Gasteiger partial charge in [0.1, 0.15) is 0 Å². The molecule has 22 heavy (non-hydrogen) atoms. The lowest BCUT2D eigenvalue weighted by molar-refractivity contribution is -0.133. The molecule has 0 spiro atoms. The number of carboxylic acid groups (broad SMARTS) is 1. The quantitative estimate of drug-likeness (QED) is 0.526. The van der Waals surface area contributed by atoms with Crippen molar-refractivity contribution in [2.45, 2.75) is 11.7 Å². The zero-order valence-electron chi connectivity index (χ0n) is 11.7. The van der Waals surface area contributed by atoms with Gasteiger partial charge in [0.05, 0.1) is 5.75 Å². The Balaban J connectivity index is 2.13. The summed E-state index contributed by atoms with van der Waals surface area (Å²) in [4.78, 5) is 23.2. The topological polar surface area (TPSA) is 54.4 Å². The Bertz CT molecular complexity index is 641. The number of ketones is 1. The van der Waals surface area contributed by atoms with Crippen molar-refractivity contribution in [2.24, 2.45) is 0 Å². The summed E-state index contributed by atoms with van der Waals surface area (Å²) >= 11 is 3.48. The maximum absolute atomic E-state index is 12.4. The second-order valence-electron chi connectivity index (χ2n) is 4.74. The number of hydrogen-bond acceptors (Lipinski definition) is 3. The predicted octanol–water partition coefficient (Wildman–Crippen LogP) is 4.42. The molecule has 5 heteroatoms. The van der Waals surface area contributed by atoms with Gasteiger partial charge in [0, 0.05) is 20.8 Å². The van der Waals surface area contributed by atoms with E-state index in [9.17, 15) is 9.59 Å². The predicted molar refractivity (Wildman–Crippen MR) is 97.4 cm³/mol. The van der Waals surface area contributed by atoms with Crippen LogP contribution in [0.3, 0.4) is 0 Å². The Labute approximate surface area is 147 Å². The highest BCUT2D eigenvalue weighted by Gasteiger charge is 2.18. The van der Waals surface area contributed by atoms with E-state index in [-0.39, 0.29) is 16.8 Å². The first-order valence-electron chi connectivity index (χ1n) is 6.73. The molecule has 0 aromatic heterocycles. The van der Waals surface area contributed by atoms with Gasteiger partial charge in [0.25, 0.3) is 0 Å². The van der Waals surface area contributed by atoms with Gasteiger partial charge in [-0.2, -0.15) is 0 Å². The maximum Gasteiger partial charge on any atom is 0.313 e. The zero-order chi connectivity index (χ0) is 15.9. The van der Waals surface area contributed by atoms with Crippen LogP contribution in [0.5, 0.6) is 0 Å². The van der Waals surface area contributed by atoms with Gasteiger partial charge in [-0.05, 0) is 40.3 Å². The fourth-order valence-electron chi connectivity index (χ4n) is 2.03. The minimum absolute atomic E-state index is 0.0144. The van der Waals surface area contributed by atoms with E-state index in [2.05, 4.69) is 22.6 Å². The molecule has 0 fully saturated rings. The summed E-state index contributed by atoms with van der Waals surface area (Å²) < 4.78 is 1.08. The van der Waals surface area contributed by atoms with Crippen molar-refractivity contribution >= 4 is 46.1 Å². The third-order valence-corrected chi connectivity index (χ3v) is 5.09. The van der Waals surface area contributed by atoms with Crippen LogP contribution >= 0.6 is 34.4 Å². The SMILES string of the molecule is O=C(O)CSC(CC(=O)c1ccc(I)cc1)c1ccccc1. The fourth-order valence-corrected chi connectivity index (χ4v) is 3.36. The summed E-state index contributed by atoms with van der Waals surface area (Å²) in [5.74, 6) is -0.852. The Morgan fingerprint density at radius 3 is 2.27 bits per heavy atom. The average molecular weight is 426 g/mol. The molecule has 0 amide bonds. The highest BCUT2D eigenvalue weighted by atomic mass is 127. The first-order valence-corrected chi connectivity index (χ1v) is 8.86. The minimum Gasteiger partial charge on any atom is -0.481 e. The first kappa shape index (κ1) is 17.0. The molecular formula is C17H15IO3S. The van der Waals surface area contributed by atoms with Crippen LogP contribution in [0.15, 0.2) is 54.6 Å². The Morgan fingerprint density at radius 2 is 1.68 bits per heavy atom. The standard InChI is InChI=1S/C17H15IO3S/c18-14-8-6-12(7-9-14)15(19)10-16(22-11-17(20)21)13-4-2-1-3-5-13/h1-9,16H,10-11H2,(H,20,21). The largest absolute Gasteiger partial charge is 0.481 e. The molecule has 1 atom stereocenters. The molecule has 0 aliphatic carbocycles. The molecule has 114 valence electrons. The number of carboxylic acids is 1. The van der Waals surface area contributed by atoms with E-state index in [1.165, 1.54) is 11.8 Å². The van der Waals surface area contributed by atoms with Gasteiger partial charge < -0.3 is 5.11 Å². The molecule has 2 aromatic rings. The van der Waals surface area contributed by atoms with Crippen molar-refractivity contribution in [2.75, 3.05) is 5.75 Å². The molecule has 0 aliphatic rings. The van der Waals surface area contributed by atoms with E-state index in [4.69, 9.17) is 5.11 Å². The molecule has 1 unspecified atom stereocenters. The molecule has 2 aromatic carbocycles. The lowest BCUT2D eigenvalue weighted by atomic mass is 10.0.